The van der Waals surface area contributed by atoms with Crippen molar-refractivity contribution in [1.29, 1.82) is 0 Å². The summed E-state index contributed by atoms with van der Waals surface area (Å²) in [7, 11) is -3.29. The van der Waals surface area contributed by atoms with E-state index in [0.717, 1.165) is 0 Å². The Balaban J connectivity index is 2.48. The minimum atomic E-state index is -3.29. The molecule has 2 rings (SSSR count). The van der Waals surface area contributed by atoms with E-state index in [-0.39, 0.29) is 0 Å². The summed E-state index contributed by atoms with van der Waals surface area (Å²) in [5.74, 6) is 0.368. The standard InChI is InChI=1S/C10H17N3O3S/c1-3-13-9(11-7-12-13)10(14)6-4-5-8(10)17(2,15)16/h7-8,14H,3-6H2,1-2H3. The monoisotopic (exact) mass is 259 g/mol. The van der Waals surface area contributed by atoms with Gasteiger partial charge in [-0.25, -0.2) is 18.1 Å². The number of aliphatic hydroxyl groups is 1. The maximum atomic E-state index is 11.7. The van der Waals surface area contributed by atoms with Gasteiger partial charge in [-0.1, -0.05) is 0 Å². The topological polar surface area (TPSA) is 85.1 Å². The van der Waals surface area contributed by atoms with Crippen LogP contribution in [0.25, 0.3) is 0 Å². The molecule has 1 aromatic rings. The van der Waals surface area contributed by atoms with Crippen LogP contribution in [0, 0.1) is 0 Å². The van der Waals surface area contributed by atoms with Crippen molar-refractivity contribution < 1.29 is 13.5 Å². The third kappa shape index (κ3) is 1.97. The molecule has 1 heterocycles. The van der Waals surface area contributed by atoms with E-state index in [2.05, 4.69) is 10.1 Å². The first kappa shape index (κ1) is 12.5. The van der Waals surface area contributed by atoms with Gasteiger partial charge >= 0.3 is 0 Å². The fourth-order valence-corrected chi connectivity index (χ4v) is 4.14. The summed E-state index contributed by atoms with van der Waals surface area (Å²) in [6.07, 6.45) is 4.11. The second kappa shape index (κ2) is 4.06. The minimum absolute atomic E-state index is 0.368. The van der Waals surface area contributed by atoms with Crippen LogP contribution in [0.1, 0.15) is 32.0 Å². The minimum Gasteiger partial charge on any atom is -0.380 e. The van der Waals surface area contributed by atoms with Gasteiger partial charge in [0.2, 0.25) is 0 Å². The zero-order chi connectivity index (χ0) is 12.7. The van der Waals surface area contributed by atoms with E-state index in [4.69, 9.17) is 0 Å². The number of rotatable bonds is 3. The Morgan fingerprint density at radius 2 is 2.35 bits per heavy atom. The average molecular weight is 259 g/mol. The van der Waals surface area contributed by atoms with Crippen molar-refractivity contribution in [2.24, 2.45) is 0 Å². The van der Waals surface area contributed by atoms with Gasteiger partial charge in [-0.2, -0.15) is 5.10 Å². The van der Waals surface area contributed by atoms with Crippen LogP contribution < -0.4 is 0 Å². The van der Waals surface area contributed by atoms with E-state index < -0.39 is 20.7 Å². The molecule has 1 fully saturated rings. The molecule has 0 amide bonds. The van der Waals surface area contributed by atoms with Crippen molar-refractivity contribution in [3.05, 3.63) is 12.2 Å². The molecule has 1 saturated carbocycles. The van der Waals surface area contributed by atoms with Crippen LogP contribution in [0.3, 0.4) is 0 Å². The van der Waals surface area contributed by atoms with E-state index in [0.29, 0.717) is 31.6 Å². The van der Waals surface area contributed by atoms with Gasteiger partial charge in [0, 0.05) is 12.8 Å². The van der Waals surface area contributed by atoms with Crippen molar-refractivity contribution in [3.8, 4) is 0 Å². The van der Waals surface area contributed by atoms with Crippen LogP contribution in [0.5, 0.6) is 0 Å². The molecule has 1 N–H and O–H groups in total. The summed E-state index contributed by atoms with van der Waals surface area (Å²) < 4.78 is 25.0. The molecular formula is C10H17N3O3S. The van der Waals surface area contributed by atoms with Crippen LogP contribution in [-0.4, -0.2) is 39.8 Å². The van der Waals surface area contributed by atoms with Gasteiger partial charge in [-0.3, -0.25) is 0 Å². The first-order valence-electron chi connectivity index (χ1n) is 5.69. The van der Waals surface area contributed by atoms with Gasteiger partial charge < -0.3 is 5.11 Å². The normalized spacial score (nSPS) is 29.7. The van der Waals surface area contributed by atoms with Crippen molar-refractivity contribution >= 4 is 9.84 Å². The Kier molecular flexibility index (Phi) is 2.99. The van der Waals surface area contributed by atoms with Crippen molar-refractivity contribution in [3.63, 3.8) is 0 Å². The van der Waals surface area contributed by atoms with Gasteiger partial charge in [0.25, 0.3) is 0 Å². The number of nitrogens with zero attached hydrogens (tertiary/aromatic N) is 3. The lowest BCUT2D eigenvalue weighted by atomic mass is 10.0. The van der Waals surface area contributed by atoms with Gasteiger partial charge in [0.05, 0.1) is 5.25 Å². The van der Waals surface area contributed by atoms with Gasteiger partial charge in [-0.15, -0.1) is 0 Å². The Hall–Kier alpha value is -0.950. The number of aryl methyl sites for hydroxylation is 1. The summed E-state index contributed by atoms with van der Waals surface area (Å²) in [5.41, 5.74) is -1.39. The molecule has 0 aliphatic heterocycles. The second-order valence-electron chi connectivity index (χ2n) is 4.53. The molecule has 7 heteroatoms. The van der Waals surface area contributed by atoms with Gasteiger partial charge in [0.1, 0.15) is 11.9 Å². The predicted octanol–water partition coefficient (Wildman–Crippen LogP) is 0.0827. The number of hydrogen-bond donors (Lipinski definition) is 1. The summed E-state index contributed by atoms with van der Waals surface area (Å²) in [5, 5.41) is 13.9. The average Bonchev–Trinajstić information content (AvgIpc) is 2.82. The third-order valence-electron chi connectivity index (χ3n) is 3.38. The molecule has 17 heavy (non-hydrogen) atoms. The van der Waals surface area contributed by atoms with Crippen LogP contribution in [0.4, 0.5) is 0 Å². The Morgan fingerprint density at radius 3 is 2.94 bits per heavy atom. The largest absolute Gasteiger partial charge is 0.380 e. The van der Waals surface area contributed by atoms with Crippen LogP contribution in [0.2, 0.25) is 0 Å². The maximum absolute atomic E-state index is 11.7. The Morgan fingerprint density at radius 1 is 1.65 bits per heavy atom. The van der Waals surface area contributed by atoms with Crippen molar-refractivity contribution in [2.45, 2.75) is 43.6 Å². The smallest absolute Gasteiger partial charge is 0.160 e. The second-order valence-corrected chi connectivity index (χ2v) is 6.76. The molecular weight excluding hydrogens is 242 g/mol. The predicted molar refractivity (Wildman–Crippen MR) is 62.1 cm³/mol. The lowest BCUT2D eigenvalue weighted by molar-refractivity contribution is 0.0337. The molecule has 0 bridgehead atoms. The summed E-state index contributed by atoms with van der Waals surface area (Å²) in [4.78, 5) is 4.04. The Labute approximate surface area is 101 Å². The summed E-state index contributed by atoms with van der Waals surface area (Å²) in [6, 6.07) is 0. The molecule has 0 radical (unpaired) electrons. The first-order chi connectivity index (χ1) is 7.89. The van der Waals surface area contributed by atoms with Crippen molar-refractivity contribution in [2.75, 3.05) is 6.26 Å². The molecule has 0 aromatic carbocycles. The number of hydrogen-bond acceptors (Lipinski definition) is 5. The first-order valence-corrected chi connectivity index (χ1v) is 7.64. The SMILES string of the molecule is CCn1ncnc1C1(O)CCCC1S(C)(=O)=O. The molecule has 0 spiro atoms. The third-order valence-corrected chi connectivity index (χ3v) is 5.04. The number of aromatic nitrogens is 3. The molecule has 6 nitrogen and oxygen atoms in total. The molecule has 96 valence electrons. The quantitative estimate of drug-likeness (QED) is 0.831. The van der Waals surface area contributed by atoms with Gasteiger partial charge in [-0.05, 0) is 26.2 Å². The maximum Gasteiger partial charge on any atom is 0.160 e. The van der Waals surface area contributed by atoms with Crippen molar-refractivity contribution in [1.82, 2.24) is 14.8 Å². The molecule has 1 aliphatic rings. The highest BCUT2D eigenvalue weighted by atomic mass is 32.2. The zero-order valence-corrected chi connectivity index (χ0v) is 10.8. The number of sulfone groups is 1. The lowest BCUT2D eigenvalue weighted by Crippen LogP contribution is -2.42. The fraction of sp³-hybridized carbons (Fsp3) is 0.800. The molecule has 0 saturated heterocycles. The van der Waals surface area contributed by atoms with Gasteiger partial charge in [0.15, 0.2) is 15.7 Å². The lowest BCUT2D eigenvalue weighted by Gasteiger charge is -2.27. The fourth-order valence-electron chi connectivity index (χ4n) is 2.61. The highest BCUT2D eigenvalue weighted by molar-refractivity contribution is 7.91. The van der Waals surface area contributed by atoms with E-state index >= 15 is 0 Å². The van der Waals surface area contributed by atoms with Crippen LogP contribution >= 0.6 is 0 Å². The van der Waals surface area contributed by atoms with E-state index in [1.165, 1.54) is 12.6 Å². The van der Waals surface area contributed by atoms with E-state index in [1.54, 1.807) is 4.68 Å². The molecule has 1 aromatic heterocycles. The van der Waals surface area contributed by atoms with Crippen LogP contribution in [-0.2, 0) is 22.0 Å². The molecule has 1 aliphatic carbocycles. The molecule has 2 unspecified atom stereocenters. The highest BCUT2D eigenvalue weighted by Crippen LogP contribution is 2.41. The zero-order valence-electron chi connectivity index (χ0n) is 10.00. The van der Waals surface area contributed by atoms with Crippen LogP contribution in [0.15, 0.2) is 6.33 Å². The molecule has 2 atom stereocenters. The summed E-state index contributed by atoms with van der Waals surface area (Å²) >= 11 is 0. The van der Waals surface area contributed by atoms with E-state index in [9.17, 15) is 13.5 Å². The Bertz CT molecular complexity index is 511. The summed E-state index contributed by atoms with van der Waals surface area (Å²) in [6.45, 7) is 2.44. The highest BCUT2D eigenvalue weighted by Gasteiger charge is 2.50. The van der Waals surface area contributed by atoms with E-state index in [1.807, 2.05) is 6.92 Å².